The van der Waals surface area contributed by atoms with Gasteiger partial charge in [0.1, 0.15) is 0 Å². The summed E-state index contributed by atoms with van der Waals surface area (Å²) >= 11 is 0. The number of hydrogen-bond donors (Lipinski definition) is 3. The zero-order chi connectivity index (χ0) is 37.3. The van der Waals surface area contributed by atoms with Crippen LogP contribution in [-0.2, 0) is 22.5 Å². The molecule has 0 aromatic heterocycles. The second kappa shape index (κ2) is 18.1. The number of ketones is 1. The number of nitrogens with zero attached hydrogens (tertiary/aromatic N) is 1. The van der Waals surface area contributed by atoms with Crippen LogP contribution in [0.4, 0.5) is 8.78 Å². The van der Waals surface area contributed by atoms with E-state index in [-0.39, 0.29) is 18.1 Å². The first-order valence-electron chi connectivity index (χ1n) is 18.6. The Hall–Kier alpha value is -3.31. The molecule has 0 saturated heterocycles. The zero-order valence-electron chi connectivity index (χ0n) is 30.8. The first-order valence-corrected chi connectivity index (χ1v) is 18.6. The molecule has 0 radical (unpaired) electrons. The number of methoxy groups -OCH3 is 1. The molecule has 1 fully saturated rings. The number of allylic oxidation sites excluding steroid dienone is 2. The van der Waals surface area contributed by atoms with E-state index >= 15 is 0 Å². The Bertz CT molecular complexity index is 1670. The number of carbonyl (C=O) groups is 1. The van der Waals surface area contributed by atoms with E-state index in [0.717, 1.165) is 35.2 Å². The molecule has 3 aliphatic carbocycles. The van der Waals surface area contributed by atoms with Crippen molar-refractivity contribution in [1.29, 1.82) is 0 Å². The third-order valence-corrected chi connectivity index (χ3v) is 11.3. The Balaban J connectivity index is 1.47. The summed E-state index contributed by atoms with van der Waals surface area (Å²) in [5.41, 5.74) is 2.27. The first kappa shape index (κ1) is 39.9. The molecule has 5 unspecified atom stereocenters. The number of rotatable bonds is 14. The van der Waals surface area contributed by atoms with Crippen molar-refractivity contribution in [3.8, 4) is 0 Å². The number of fused-ring (bicyclic) bond motifs is 8. The lowest BCUT2D eigenvalue weighted by Gasteiger charge is -2.46. The highest BCUT2D eigenvalue weighted by Crippen LogP contribution is 2.59. The second-order valence-electron chi connectivity index (χ2n) is 15.1. The number of hydrogen-bond acceptors (Lipinski definition) is 7. The molecule has 0 amide bonds. The van der Waals surface area contributed by atoms with Crippen LogP contribution >= 0.6 is 0 Å². The van der Waals surface area contributed by atoms with Crippen molar-refractivity contribution in [2.45, 2.75) is 95.5 Å². The van der Waals surface area contributed by atoms with Crippen molar-refractivity contribution in [2.75, 3.05) is 40.0 Å². The standard InChI is InChI=1S/C43H55F2NO6/c1-30-9-7-19-42(2)38(36-16-13-32(23-34(47)15-12-30)24-37(36)41(49)33-14-17-39(44)40(45)25-33)18-20-43(42,50)29-46(21-8-22-51-3)26-35(48)28-52-27-31-10-5-4-6-11-31/h4-6,9-11,13-14,16-17,24-25,34-35,38,47-48,50H,7-8,12,15,18-23,26-29H2,1-3H3. The molecular weight excluding hydrogens is 664 g/mol. The number of aliphatic hydroxyl groups is 3. The van der Waals surface area contributed by atoms with Crippen LogP contribution < -0.4 is 0 Å². The summed E-state index contributed by atoms with van der Waals surface area (Å²) in [6.07, 6.45) is 5.56. The molecule has 3 N–H and O–H groups in total. The molecule has 0 heterocycles. The Labute approximate surface area is 307 Å². The van der Waals surface area contributed by atoms with E-state index in [9.17, 15) is 28.9 Å². The number of ether oxygens (including phenoxy) is 2. The minimum absolute atomic E-state index is 0.0419. The Morgan fingerprint density at radius 1 is 1.04 bits per heavy atom. The number of benzene rings is 3. The third kappa shape index (κ3) is 9.81. The fourth-order valence-electron chi connectivity index (χ4n) is 8.26. The van der Waals surface area contributed by atoms with Crippen LogP contribution in [0.15, 0.2) is 78.4 Å². The summed E-state index contributed by atoms with van der Waals surface area (Å²) in [5, 5.41) is 34.9. The van der Waals surface area contributed by atoms with Crippen LogP contribution in [-0.4, -0.2) is 83.8 Å². The maximum absolute atomic E-state index is 14.4. The summed E-state index contributed by atoms with van der Waals surface area (Å²) in [5.74, 6) is -2.78. The Kier molecular flexibility index (Phi) is 13.9. The highest BCUT2D eigenvalue weighted by Gasteiger charge is 2.57. The molecule has 0 spiro atoms. The monoisotopic (exact) mass is 719 g/mol. The molecule has 6 rings (SSSR count). The SMILES string of the molecule is COCCCN(CC(O)COCc1ccccc1)CC1(O)CCC2c3ccc(cc3C(=O)c3ccc(F)c(F)c3)CC(O)CCC(C)=CCCC21C. The highest BCUT2D eigenvalue weighted by molar-refractivity contribution is 6.10. The predicted molar refractivity (Wildman–Crippen MR) is 198 cm³/mol. The van der Waals surface area contributed by atoms with E-state index in [4.69, 9.17) is 9.47 Å². The van der Waals surface area contributed by atoms with Crippen LogP contribution in [0, 0.1) is 17.0 Å². The average molecular weight is 720 g/mol. The number of halogens is 2. The number of carbonyl (C=O) groups excluding carboxylic acids is 1. The fourth-order valence-corrected chi connectivity index (χ4v) is 8.26. The Morgan fingerprint density at radius 2 is 1.83 bits per heavy atom. The zero-order valence-corrected chi connectivity index (χ0v) is 30.8. The van der Waals surface area contributed by atoms with Gasteiger partial charge in [-0.1, -0.05) is 61.0 Å². The van der Waals surface area contributed by atoms with Crippen LogP contribution in [0.2, 0.25) is 0 Å². The van der Waals surface area contributed by atoms with Gasteiger partial charge in [-0.2, -0.15) is 0 Å². The van der Waals surface area contributed by atoms with Gasteiger partial charge in [-0.3, -0.25) is 9.69 Å². The average Bonchev–Trinajstić information content (AvgIpc) is 3.37. The van der Waals surface area contributed by atoms with Crippen molar-refractivity contribution in [2.24, 2.45) is 5.41 Å². The topological polar surface area (TPSA) is 99.5 Å². The van der Waals surface area contributed by atoms with Gasteiger partial charge in [-0.15, -0.1) is 0 Å². The maximum atomic E-state index is 14.4. The third-order valence-electron chi connectivity index (χ3n) is 11.3. The molecule has 3 aliphatic rings. The fraction of sp³-hybridized carbons (Fsp3) is 0.512. The molecule has 3 aromatic carbocycles. The van der Waals surface area contributed by atoms with Gasteiger partial charge in [-0.05, 0) is 105 Å². The summed E-state index contributed by atoms with van der Waals surface area (Å²) in [6.45, 7) is 6.46. The molecule has 1 saturated carbocycles. The van der Waals surface area contributed by atoms with E-state index in [1.54, 1.807) is 13.2 Å². The lowest BCUT2D eigenvalue weighted by atomic mass is 9.64. The van der Waals surface area contributed by atoms with E-state index in [2.05, 4.69) is 24.8 Å². The van der Waals surface area contributed by atoms with Crippen LogP contribution in [0.3, 0.4) is 0 Å². The van der Waals surface area contributed by atoms with Gasteiger partial charge in [0, 0.05) is 49.9 Å². The molecule has 9 heteroatoms. The molecule has 7 nitrogen and oxygen atoms in total. The van der Waals surface area contributed by atoms with Gasteiger partial charge in [-0.25, -0.2) is 8.78 Å². The van der Waals surface area contributed by atoms with Crippen molar-refractivity contribution in [3.63, 3.8) is 0 Å². The molecular formula is C43H55F2NO6. The van der Waals surface area contributed by atoms with E-state index in [0.29, 0.717) is 83.4 Å². The van der Waals surface area contributed by atoms with Crippen LogP contribution in [0.1, 0.15) is 97.3 Å². The van der Waals surface area contributed by atoms with Gasteiger partial charge >= 0.3 is 0 Å². The van der Waals surface area contributed by atoms with Gasteiger partial charge < -0.3 is 24.8 Å². The van der Waals surface area contributed by atoms with Crippen LogP contribution in [0.5, 0.6) is 0 Å². The summed E-state index contributed by atoms with van der Waals surface area (Å²) in [6, 6.07) is 18.7. The van der Waals surface area contributed by atoms with E-state index in [1.165, 1.54) is 11.6 Å². The minimum atomic E-state index is -1.19. The molecule has 0 aliphatic heterocycles. The quantitative estimate of drug-likeness (QED) is 0.0925. The summed E-state index contributed by atoms with van der Waals surface area (Å²) < 4.78 is 39.5. The molecule has 2 bridgehead atoms. The molecule has 52 heavy (non-hydrogen) atoms. The van der Waals surface area contributed by atoms with Gasteiger partial charge in [0.05, 0.1) is 31.0 Å². The lowest BCUT2D eigenvalue weighted by Crippen LogP contribution is -2.54. The largest absolute Gasteiger partial charge is 0.393 e. The lowest BCUT2D eigenvalue weighted by molar-refractivity contribution is -0.0913. The van der Waals surface area contributed by atoms with E-state index < -0.39 is 40.6 Å². The summed E-state index contributed by atoms with van der Waals surface area (Å²) in [4.78, 5) is 16.3. The molecule has 3 aromatic rings. The van der Waals surface area contributed by atoms with E-state index in [1.807, 2.05) is 42.5 Å². The first-order chi connectivity index (χ1) is 24.9. The van der Waals surface area contributed by atoms with Crippen molar-refractivity contribution < 1.29 is 38.4 Å². The summed E-state index contributed by atoms with van der Waals surface area (Å²) in [7, 11) is 1.66. The van der Waals surface area contributed by atoms with Crippen molar-refractivity contribution >= 4 is 5.78 Å². The predicted octanol–water partition coefficient (Wildman–Crippen LogP) is 7.15. The maximum Gasteiger partial charge on any atom is 0.193 e. The second-order valence-corrected chi connectivity index (χ2v) is 15.1. The molecule has 5 atom stereocenters. The molecule has 282 valence electrons. The Morgan fingerprint density at radius 3 is 2.58 bits per heavy atom. The van der Waals surface area contributed by atoms with Crippen molar-refractivity contribution in [3.05, 3.63) is 118 Å². The smallest absolute Gasteiger partial charge is 0.193 e. The van der Waals surface area contributed by atoms with Gasteiger partial charge in [0.25, 0.3) is 0 Å². The van der Waals surface area contributed by atoms with Gasteiger partial charge in [0.2, 0.25) is 0 Å². The normalized spacial score (nSPS) is 24.4. The van der Waals surface area contributed by atoms with Crippen LogP contribution in [0.25, 0.3) is 0 Å². The van der Waals surface area contributed by atoms with Gasteiger partial charge in [0.15, 0.2) is 17.4 Å². The minimum Gasteiger partial charge on any atom is -0.393 e. The number of aliphatic hydroxyl groups excluding tert-OH is 2. The van der Waals surface area contributed by atoms with Crippen molar-refractivity contribution in [1.82, 2.24) is 4.90 Å². The highest BCUT2D eigenvalue weighted by atomic mass is 19.2.